The van der Waals surface area contributed by atoms with Gasteiger partial charge in [-0.25, -0.2) is 9.97 Å². The van der Waals surface area contributed by atoms with Gasteiger partial charge in [0.15, 0.2) is 0 Å². The molecule has 0 aliphatic rings. The monoisotopic (exact) mass is 335 g/mol. The van der Waals surface area contributed by atoms with Crippen LogP contribution in [-0.4, -0.2) is 9.97 Å². The number of hydrogen-bond acceptors (Lipinski definition) is 3. The predicted octanol–water partition coefficient (Wildman–Crippen LogP) is 4.43. The molecule has 88 valence electrons. The standard InChI is InChI=1S/C10H5BrCl2FN3/c11-5-1-2-6(10(13)9(5)12)17-8-3-7(14)15-4-16-8/h1-4H,(H,15,16,17). The Morgan fingerprint density at radius 3 is 2.65 bits per heavy atom. The van der Waals surface area contributed by atoms with Gasteiger partial charge >= 0.3 is 0 Å². The van der Waals surface area contributed by atoms with Crippen LogP contribution >= 0.6 is 39.1 Å². The van der Waals surface area contributed by atoms with E-state index in [9.17, 15) is 4.39 Å². The van der Waals surface area contributed by atoms with Crippen LogP contribution in [0.25, 0.3) is 0 Å². The van der Waals surface area contributed by atoms with E-state index in [-0.39, 0.29) is 0 Å². The van der Waals surface area contributed by atoms with Gasteiger partial charge in [0.05, 0.1) is 15.7 Å². The number of anilines is 2. The largest absolute Gasteiger partial charge is 0.339 e. The third kappa shape index (κ3) is 2.86. The van der Waals surface area contributed by atoms with Crippen LogP contribution in [0.3, 0.4) is 0 Å². The van der Waals surface area contributed by atoms with Gasteiger partial charge in [0.1, 0.15) is 12.1 Å². The van der Waals surface area contributed by atoms with Crippen molar-refractivity contribution in [3.05, 3.63) is 45.0 Å². The lowest BCUT2D eigenvalue weighted by atomic mass is 10.3. The van der Waals surface area contributed by atoms with E-state index in [4.69, 9.17) is 23.2 Å². The Balaban J connectivity index is 2.34. The Hall–Kier alpha value is -0.910. The molecule has 3 nitrogen and oxygen atoms in total. The minimum atomic E-state index is -0.623. The van der Waals surface area contributed by atoms with E-state index in [0.717, 1.165) is 12.4 Å². The van der Waals surface area contributed by atoms with E-state index < -0.39 is 5.95 Å². The molecule has 0 amide bonds. The molecule has 1 heterocycles. The topological polar surface area (TPSA) is 37.8 Å². The molecule has 2 aromatic rings. The van der Waals surface area contributed by atoms with Crippen molar-refractivity contribution in [2.45, 2.75) is 0 Å². The van der Waals surface area contributed by atoms with Crippen molar-refractivity contribution >= 4 is 50.6 Å². The zero-order chi connectivity index (χ0) is 12.4. The molecule has 1 N–H and O–H groups in total. The van der Waals surface area contributed by atoms with Crippen molar-refractivity contribution in [3.8, 4) is 0 Å². The number of benzene rings is 1. The lowest BCUT2D eigenvalue weighted by molar-refractivity contribution is 0.580. The third-order valence-corrected chi connectivity index (χ3v) is 3.70. The summed E-state index contributed by atoms with van der Waals surface area (Å²) >= 11 is 15.2. The van der Waals surface area contributed by atoms with Gasteiger partial charge in [-0.2, -0.15) is 4.39 Å². The lowest BCUT2D eigenvalue weighted by Crippen LogP contribution is -1.96. The molecule has 0 fully saturated rings. The van der Waals surface area contributed by atoms with Gasteiger partial charge in [0.2, 0.25) is 5.95 Å². The van der Waals surface area contributed by atoms with E-state index in [0.29, 0.717) is 26.0 Å². The quantitative estimate of drug-likeness (QED) is 0.651. The zero-order valence-corrected chi connectivity index (χ0v) is 11.3. The number of hydrogen-bond donors (Lipinski definition) is 1. The maximum Gasteiger partial charge on any atom is 0.218 e. The van der Waals surface area contributed by atoms with Gasteiger partial charge < -0.3 is 5.32 Å². The van der Waals surface area contributed by atoms with E-state index >= 15 is 0 Å². The first-order valence-electron chi connectivity index (χ1n) is 4.46. The molecule has 7 heteroatoms. The number of rotatable bonds is 2. The molecule has 0 aliphatic carbocycles. The number of aromatic nitrogens is 2. The minimum Gasteiger partial charge on any atom is -0.339 e. The fourth-order valence-corrected chi connectivity index (χ4v) is 1.98. The third-order valence-electron chi connectivity index (χ3n) is 1.93. The van der Waals surface area contributed by atoms with Crippen molar-refractivity contribution in [1.82, 2.24) is 9.97 Å². The number of nitrogens with zero attached hydrogens (tertiary/aromatic N) is 2. The van der Waals surface area contributed by atoms with Crippen molar-refractivity contribution in [2.24, 2.45) is 0 Å². The maximum absolute atomic E-state index is 12.9. The van der Waals surface area contributed by atoms with Gasteiger partial charge in [-0.05, 0) is 28.1 Å². The Morgan fingerprint density at radius 2 is 1.94 bits per heavy atom. The Kier molecular flexibility index (Phi) is 3.81. The van der Waals surface area contributed by atoms with Crippen molar-refractivity contribution in [1.29, 1.82) is 0 Å². The molecule has 1 aromatic heterocycles. The van der Waals surface area contributed by atoms with E-state index in [2.05, 4.69) is 31.2 Å². The molecule has 0 bridgehead atoms. The molecular weight excluding hydrogens is 332 g/mol. The van der Waals surface area contributed by atoms with Crippen molar-refractivity contribution in [2.75, 3.05) is 5.32 Å². The molecule has 0 atom stereocenters. The molecule has 0 saturated heterocycles. The summed E-state index contributed by atoms with van der Waals surface area (Å²) < 4.78 is 13.5. The Bertz CT molecular complexity index is 565. The van der Waals surface area contributed by atoms with Gasteiger partial charge in [-0.1, -0.05) is 23.2 Å². The van der Waals surface area contributed by atoms with E-state index in [1.54, 1.807) is 12.1 Å². The second-order valence-corrected chi connectivity index (χ2v) is 4.68. The highest BCUT2D eigenvalue weighted by Crippen LogP contribution is 2.36. The lowest BCUT2D eigenvalue weighted by Gasteiger charge is -2.09. The average Bonchev–Trinajstić information content (AvgIpc) is 2.30. The Labute approximate surface area is 115 Å². The van der Waals surface area contributed by atoms with Gasteiger partial charge in [-0.3, -0.25) is 0 Å². The van der Waals surface area contributed by atoms with Crippen molar-refractivity contribution < 1.29 is 4.39 Å². The molecule has 17 heavy (non-hydrogen) atoms. The highest BCUT2D eigenvalue weighted by molar-refractivity contribution is 9.10. The SMILES string of the molecule is Fc1cc(Nc2ccc(Br)c(Cl)c2Cl)ncn1. The van der Waals surface area contributed by atoms with Crippen LogP contribution in [0.5, 0.6) is 0 Å². The summed E-state index contributed by atoms with van der Waals surface area (Å²) in [4.78, 5) is 7.20. The molecule has 0 saturated carbocycles. The summed E-state index contributed by atoms with van der Waals surface area (Å²) in [6, 6.07) is 4.60. The van der Waals surface area contributed by atoms with Crippen LogP contribution < -0.4 is 5.32 Å². The second kappa shape index (κ2) is 5.16. The summed E-state index contributed by atoms with van der Waals surface area (Å²) in [5, 5.41) is 3.57. The minimum absolute atomic E-state index is 0.304. The molecule has 2 rings (SSSR count). The summed E-state index contributed by atoms with van der Waals surface area (Å²) in [6.07, 6.45) is 1.12. The predicted molar refractivity (Wildman–Crippen MR) is 69.4 cm³/mol. The molecule has 0 aliphatic heterocycles. The summed E-state index contributed by atoms with van der Waals surface area (Å²) in [5.41, 5.74) is 0.540. The number of nitrogens with one attached hydrogen (secondary N) is 1. The van der Waals surface area contributed by atoms with Crippen LogP contribution in [0.15, 0.2) is 29.0 Å². The first-order valence-corrected chi connectivity index (χ1v) is 6.01. The smallest absolute Gasteiger partial charge is 0.218 e. The molecule has 0 unspecified atom stereocenters. The Morgan fingerprint density at radius 1 is 1.18 bits per heavy atom. The summed E-state index contributed by atoms with van der Waals surface area (Å²) in [6.45, 7) is 0. The van der Waals surface area contributed by atoms with Crippen LogP contribution in [-0.2, 0) is 0 Å². The van der Waals surface area contributed by atoms with E-state index in [1.807, 2.05) is 0 Å². The van der Waals surface area contributed by atoms with Crippen molar-refractivity contribution in [3.63, 3.8) is 0 Å². The number of halogens is 4. The van der Waals surface area contributed by atoms with Crippen LogP contribution in [0.2, 0.25) is 10.0 Å². The van der Waals surface area contributed by atoms with Crippen LogP contribution in [0, 0.1) is 5.95 Å². The van der Waals surface area contributed by atoms with Gasteiger partial charge in [0, 0.05) is 10.5 Å². The normalized spacial score (nSPS) is 10.4. The second-order valence-electron chi connectivity index (χ2n) is 3.07. The summed E-state index contributed by atoms with van der Waals surface area (Å²) in [7, 11) is 0. The molecule has 0 radical (unpaired) electrons. The van der Waals surface area contributed by atoms with Crippen LogP contribution in [0.1, 0.15) is 0 Å². The fourth-order valence-electron chi connectivity index (χ4n) is 1.16. The highest BCUT2D eigenvalue weighted by atomic mass is 79.9. The highest BCUT2D eigenvalue weighted by Gasteiger charge is 2.09. The maximum atomic E-state index is 12.9. The first-order chi connectivity index (χ1) is 8.08. The first kappa shape index (κ1) is 12.5. The molecular formula is C10H5BrCl2FN3. The molecule has 1 aromatic carbocycles. The van der Waals surface area contributed by atoms with Crippen LogP contribution in [0.4, 0.5) is 15.9 Å². The fraction of sp³-hybridized carbons (Fsp3) is 0. The summed E-state index contributed by atoms with van der Waals surface area (Å²) in [5.74, 6) is -0.320. The van der Waals surface area contributed by atoms with Gasteiger partial charge in [-0.15, -0.1) is 0 Å². The molecule has 0 spiro atoms. The average molecular weight is 337 g/mol. The van der Waals surface area contributed by atoms with E-state index in [1.165, 1.54) is 0 Å². The zero-order valence-electron chi connectivity index (χ0n) is 8.22. The van der Waals surface area contributed by atoms with Gasteiger partial charge in [0.25, 0.3) is 0 Å².